The molecule has 1 N–H and O–H groups in total. The molecule has 7 heteroatoms. The molecular formula is C10H19N3O4. The lowest BCUT2D eigenvalue weighted by Crippen LogP contribution is -2.51. The van der Waals surface area contributed by atoms with E-state index in [0.29, 0.717) is 0 Å². The molecule has 1 aliphatic heterocycles. The van der Waals surface area contributed by atoms with E-state index in [0.717, 1.165) is 25.9 Å². The molecule has 0 aliphatic carbocycles. The van der Waals surface area contributed by atoms with Crippen molar-refractivity contribution in [3.05, 3.63) is 10.1 Å². The number of piperidine rings is 1. The van der Waals surface area contributed by atoms with Gasteiger partial charge in [0.05, 0.1) is 0 Å². The van der Waals surface area contributed by atoms with E-state index < -0.39 is 16.6 Å². The molecular weight excluding hydrogens is 226 g/mol. The highest BCUT2D eigenvalue weighted by atomic mass is 17.0. The number of rotatable bonds is 4. The summed E-state index contributed by atoms with van der Waals surface area (Å²) >= 11 is 0. The normalized spacial score (nSPS) is 18.8. The topological polar surface area (TPSA) is 84.7 Å². The minimum absolute atomic E-state index is 0.0772. The second-order valence-electron chi connectivity index (χ2n) is 4.88. The molecule has 1 saturated heterocycles. The van der Waals surface area contributed by atoms with E-state index in [1.807, 2.05) is 7.05 Å². The van der Waals surface area contributed by atoms with Crippen LogP contribution in [0.3, 0.4) is 0 Å². The summed E-state index contributed by atoms with van der Waals surface area (Å²) in [6.07, 6.45) is 1.72. The van der Waals surface area contributed by atoms with Gasteiger partial charge in [0.1, 0.15) is 0 Å². The van der Waals surface area contributed by atoms with Gasteiger partial charge in [-0.15, -0.1) is 10.1 Å². The van der Waals surface area contributed by atoms with Crippen LogP contribution in [0.15, 0.2) is 0 Å². The second kappa shape index (κ2) is 5.31. The minimum atomic E-state index is -1.44. The number of nitrogens with zero attached hydrogens (tertiary/aromatic N) is 2. The van der Waals surface area contributed by atoms with Crippen molar-refractivity contribution in [2.75, 3.05) is 20.1 Å². The maximum absolute atomic E-state index is 11.8. The molecule has 0 bridgehead atoms. The largest absolute Gasteiger partial charge is 0.351 e. The lowest BCUT2D eigenvalue weighted by Gasteiger charge is -2.31. The minimum Gasteiger partial charge on any atom is -0.351 e. The Morgan fingerprint density at radius 2 is 2.00 bits per heavy atom. The molecule has 1 rings (SSSR count). The van der Waals surface area contributed by atoms with Crippen molar-refractivity contribution >= 4 is 5.91 Å². The molecule has 0 aromatic heterocycles. The zero-order chi connectivity index (χ0) is 13.1. The Morgan fingerprint density at radius 3 is 2.47 bits per heavy atom. The van der Waals surface area contributed by atoms with Crippen molar-refractivity contribution in [3.63, 3.8) is 0 Å². The molecule has 1 aliphatic rings. The second-order valence-corrected chi connectivity index (χ2v) is 4.88. The van der Waals surface area contributed by atoms with Crippen molar-refractivity contribution in [2.45, 2.75) is 38.3 Å². The van der Waals surface area contributed by atoms with Gasteiger partial charge in [-0.25, -0.2) is 0 Å². The van der Waals surface area contributed by atoms with Gasteiger partial charge in [-0.05, 0) is 46.8 Å². The lowest BCUT2D eigenvalue weighted by atomic mass is 10.0. The van der Waals surface area contributed by atoms with Gasteiger partial charge in [0.25, 0.3) is 11.0 Å². The highest BCUT2D eigenvalue weighted by Gasteiger charge is 2.33. The van der Waals surface area contributed by atoms with Gasteiger partial charge in [-0.2, -0.15) is 0 Å². The first-order chi connectivity index (χ1) is 7.81. The summed E-state index contributed by atoms with van der Waals surface area (Å²) in [6.45, 7) is 4.61. The zero-order valence-corrected chi connectivity index (χ0v) is 10.4. The third-order valence-corrected chi connectivity index (χ3v) is 2.90. The Kier molecular flexibility index (Phi) is 4.28. The van der Waals surface area contributed by atoms with Crippen LogP contribution in [0.1, 0.15) is 26.7 Å². The summed E-state index contributed by atoms with van der Waals surface area (Å²) in [5, 5.41) is 12.1. The molecule has 98 valence electrons. The van der Waals surface area contributed by atoms with Gasteiger partial charge in [0, 0.05) is 6.04 Å². The van der Waals surface area contributed by atoms with E-state index in [2.05, 4.69) is 15.1 Å². The molecule has 1 amide bonds. The van der Waals surface area contributed by atoms with Crippen LogP contribution in [-0.2, 0) is 9.63 Å². The van der Waals surface area contributed by atoms with Crippen LogP contribution in [-0.4, -0.2) is 47.7 Å². The van der Waals surface area contributed by atoms with Gasteiger partial charge in [-0.1, -0.05) is 0 Å². The van der Waals surface area contributed by atoms with Crippen molar-refractivity contribution in [3.8, 4) is 0 Å². The number of hydrogen-bond acceptors (Lipinski definition) is 5. The molecule has 0 atom stereocenters. The molecule has 1 fully saturated rings. The van der Waals surface area contributed by atoms with E-state index in [9.17, 15) is 14.9 Å². The average Bonchev–Trinajstić information content (AvgIpc) is 2.19. The smallest absolute Gasteiger partial charge is 0.295 e. The third-order valence-electron chi connectivity index (χ3n) is 2.90. The summed E-state index contributed by atoms with van der Waals surface area (Å²) in [4.78, 5) is 28.6. The maximum Gasteiger partial charge on any atom is 0.295 e. The quantitative estimate of drug-likeness (QED) is 0.564. The predicted octanol–water partition coefficient (Wildman–Crippen LogP) is 0.184. The van der Waals surface area contributed by atoms with E-state index in [4.69, 9.17) is 0 Å². The maximum atomic E-state index is 11.8. The van der Waals surface area contributed by atoms with Gasteiger partial charge >= 0.3 is 0 Å². The van der Waals surface area contributed by atoms with E-state index in [1.165, 1.54) is 13.8 Å². The fourth-order valence-electron chi connectivity index (χ4n) is 1.74. The molecule has 0 saturated carbocycles. The van der Waals surface area contributed by atoms with Crippen LogP contribution in [0.4, 0.5) is 0 Å². The van der Waals surface area contributed by atoms with Gasteiger partial charge in [0.2, 0.25) is 0 Å². The molecule has 7 nitrogen and oxygen atoms in total. The highest BCUT2D eigenvalue weighted by molar-refractivity contribution is 5.84. The number of amides is 1. The first kappa shape index (κ1) is 13.7. The third kappa shape index (κ3) is 4.18. The summed E-state index contributed by atoms with van der Waals surface area (Å²) < 4.78 is 0. The summed E-state index contributed by atoms with van der Waals surface area (Å²) in [5.74, 6) is -0.441. The van der Waals surface area contributed by atoms with Crippen molar-refractivity contribution < 1.29 is 14.7 Å². The first-order valence-corrected chi connectivity index (χ1v) is 5.64. The Morgan fingerprint density at radius 1 is 1.47 bits per heavy atom. The molecule has 0 unspecified atom stereocenters. The Hall–Kier alpha value is -1.37. The lowest BCUT2D eigenvalue weighted by molar-refractivity contribution is -0.774. The van der Waals surface area contributed by atoms with E-state index >= 15 is 0 Å². The first-order valence-electron chi connectivity index (χ1n) is 5.64. The van der Waals surface area contributed by atoms with Crippen molar-refractivity contribution in [1.82, 2.24) is 10.2 Å². The SMILES string of the molecule is CN1CCC(NC(=O)C(C)(C)O[N+](=O)[O-])CC1. The Labute approximate surface area is 100 Å². The van der Waals surface area contributed by atoms with E-state index in [1.54, 1.807) is 0 Å². The van der Waals surface area contributed by atoms with Gasteiger partial charge < -0.3 is 10.2 Å². The van der Waals surface area contributed by atoms with Crippen LogP contribution in [0, 0.1) is 10.1 Å². The van der Waals surface area contributed by atoms with Crippen LogP contribution in [0.2, 0.25) is 0 Å². The summed E-state index contributed by atoms with van der Waals surface area (Å²) in [5.41, 5.74) is -1.44. The van der Waals surface area contributed by atoms with Gasteiger partial charge in [-0.3, -0.25) is 9.63 Å². The number of carbonyl (C=O) groups is 1. The number of likely N-dealkylation sites (tertiary alicyclic amines) is 1. The molecule has 17 heavy (non-hydrogen) atoms. The number of hydrogen-bond donors (Lipinski definition) is 1. The van der Waals surface area contributed by atoms with Crippen LogP contribution >= 0.6 is 0 Å². The van der Waals surface area contributed by atoms with E-state index in [-0.39, 0.29) is 6.04 Å². The summed E-state index contributed by atoms with van der Waals surface area (Å²) in [7, 11) is 2.03. The number of nitrogens with one attached hydrogen (secondary N) is 1. The van der Waals surface area contributed by atoms with Gasteiger partial charge in [0.15, 0.2) is 5.60 Å². The Bertz CT molecular complexity index is 298. The molecule has 1 heterocycles. The highest BCUT2D eigenvalue weighted by Crippen LogP contribution is 2.13. The molecule has 0 radical (unpaired) electrons. The standard InChI is InChI=1S/C10H19N3O4/c1-10(2,17-13(15)16)9(14)11-8-4-6-12(3)7-5-8/h8H,4-7H2,1-3H3,(H,11,14). The number of carbonyl (C=O) groups excluding carboxylic acids is 1. The fourth-order valence-corrected chi connectivity index (χ4v) is 1.74. The monoisotopic (exact) mass is 245 g/mol. The molecule has 0 aromatic carbocycles. The average molecular weight is 245 g/mol. The molecule has 0 aromatic rings. The van der Waals surface area contributed by atoms with Crippen molar-refractivity contribution in [2.24, 2.45) is 0 Å². The Balaban J connectivity index is 2.45. The fraction of sp³-hybridized carbons (Fsp3) is 0.900. The predicted molar refractivity (Wildman–Crippen MR) is 60.8 cm³/mol. The zero-order valence-electron chi connectivity index (χ0n) is 10.4. The molecule has 0 spiro atoms. The van der Waals surface area contributed by atoms with Crippen LogP contribution in [0.25, 0.3) is 0 Å². The van der Waals surface area contributed by atoms with Crippen molar-refractivity contribution in [1.29, 1.82) is 0 Å². The van der Waals surface area contributed by atoms with Crippen LogP contribution in [0.5, 0.6) is 0 Å². The summed E-state index contributed by atoms with van der Waals surface area (Å²) in [6, 6.07) is 0.0772. The van der Waals surface area contributed by atoms with Crippen LogP contribution < -0.4 is 5.32 Å².